The van der Waals surface area contributed by atoms with Gasteiger partial charge >= 0.3 is 8.32 Å². The smallest absolute Gasteiger partial charge is 0.319 e. The first kappa shape index (κ1) is 23.5. The van der Waals surface area contributed by atoms with Crippen LogP contribution in [0.5, 0.6) is 5.75 Å². The van der Waals surface area contributed by atoms with Crippen molar-refractivity contribution in [1.82, 2.24) is 0 Å². The van der Waals surface area contributed by atoms with Crippen LogP contribution in [0.2, 0.25) is 5.04 Å². The van der Waals surface area contributed by atoms with Gasteiger partial charge in [0.25, 0.3) is 0 Å². The summed E-state index contributed by atoms with van der Waals surface area (Å²) in [5, 5.41) is 12.7. The highest BCUT2D eigenvalue weighted by Crippen LogP contribution is 2.50. The van der Waals surface area contributed by atoms with Crippen molar-refractivity contribution < 1.29 is 9.53 Å². The molecule has 1 N–H and O–H groups in total. The number of hydrogen-bond acceptors (Lipinski definition) is 4. The van der Waals surface area contributed by atoms with Gasteiger partial charge in [0, 0.05) is 0 Å². The third-order valence-corrected chi connectivity index (χ3v) is 14.5. The highest BCUT2D eigenvalue weighted by atomic mass is 32.2. The van der Waals surface area contributed by atoms with Crippen LogP contribution < -0.4 is 14.8 Å². The van der Waals surface area contributed by atoms with Crippen molar-refractivity contribution >= 4 is 42.2 Å². The quantitative estimate of drug-likeness (QED) is 0.462. The molecule has 0 saturated carbocycles. The second-order valence-corrected chi connectivity index (χ2v) is 16.5. The Morgan fingerprint density at radius 1 is 0.812 bits per heavy atom. The molecule has 1 aliphatic rings. The molecule has 0 bridgehead atoms. The molecular weight excluding hydrogens is 449 g/mol. The Morgan fingerprint density at radius 2 is 1.31 bits per heavy atom. The summed E-state index contributed by atoms with van der Waals surface area (Å²) < 4.78 is 6.85. The predicted molar refractivity (Wildman–Crippen MR) is 143 cm³/mol. The van der Waals surface area contributed by atoms with Gasteiger partial charge < -0.3 is 9.53 Å². The molecule has 5 heteroatoms. The van der Waals surface area contributed by atoms with Gasteiger partial charge in [0.2, 0.25) is 0 Å². The summed E-state index contributed by atoms with van der Waals surface area (Å²) in [6.07, 6.45) is 1.20. The lowest BCUT2D eigenvalue weighted by atomic mass is 10.1. The lowest BCUT2D eigenvalue weighted by Gasteiger charge is -2.43. The molecule has 0 amide bonds. The van der Waals surface area contributed by atoms with Crippen LogP contribution in [-0.2, 0) is 4.08 Å². The number of thioether (sulfide) groups is 2. The molecule has 0 aromatic heterocycles. The summed E-state index contributed by atoms with van der Waals surface area (Å²) in [5.74, 6) is 3.07. The van der Waals surface area contributed by atoms with E-state index in [1.54, 1.807) is 0 Å². The summed E-state index contributed by atoms with van der Waals surface area (Å²) in [6.45, 7) is 7.04. The average Bonchev–Trinajstić information content (AvgIpc) is 2.83. The van der Waals surface area contributed by atoms with Crippen molar-refractivity contribution in [2.75, 3.05) is 18.1 Å². The molecule has 1 aliphatic heterocycles. The molecule has 3 aromatic carbocycles. The van der Waals surface area contributed by atoms with Crippen molar-refractivity contribution in [2.45, 2.75) is 36.3 Å². The Hall–Kier alpha value is -1.66. The van der Waals surface area contributed by atoms with E-state index in [4.69, 9.17) is 4.43 Å². The molecule has 3 aromatic rings. The van der Waals surface area contributed by atoms with Crippen LogP contribution in [0, 0.1) is 0 Å². The zero-order valence-electron chi connectivity index (χ0n) is 19.1. The lowest BCUT2D eigenvalue weighted by molar-refractivity contribution is 0.285. The third kappa shape index (κ3) is 4.40. The first-order valence-electron chi connectivity index (χ1n) is 11.2. The maximum atomic E-state index is 10.2. The Morgan fingerprint density at radius 3 is 1.75 bits per heavy atom. The second-order valence-electron chi connectivity index (χ2n) is 9.25. The summed E-state index contributed by atoms with van der Waals surface area (Å²) >= 11 is 3.72. The molecule has 0 spiro atoms. The van der Waals surface area contributed by atoms with E-state index >= 15 is 0 Å². The number of aliphatic hydroxyl groups is 1. The highest BCUT2D eigenvalue weighted by molar-refractivity contribution is 8.18. The second kappa shape index (κ2) is 9.68. The molecule has 0 unspecified atom stereocenters. The Balaban J connectivity index is 1.77. The predicted octanol–water partition coefficient (Wildman–Crippen LogP) is 5.64. The van der Waals surface area contributed by atoms with Crippen LogP contribution in [0.4, 0.5) is 0 Å². The van der Waals surface area contributed by atoms with Gasteiger partial charge in [-0.15, -0.1) is 23.5 Å². The van der Waals surface area contributed by atoms with Crippen LogP contribution in [0.3, 0.4) is 0 Å². The maximum Gasteiger partial charge on any atom is 0.319 e. The Kier molecular flexibility index (Phi) is 7.11. The van der Waals surface area contributed by atoms with Crippen LogP contribution in [-0.4, -0.2) is 31.5 Å². The molecule has 32 heavy (non-hydrogen) atoms. The first-order chi connectivity index (χ1) is 15.4. The van der Waals surface area contributed by atoms with Crippen LogP contribution >= 0.6 is 23.5 Å². The molecular formula is C27H32O2S2Si. The molecule has 1 saturated heterocycles. The molecule has 0 radical (unpaired) electrons. The van der Waals surface area contributed by atoms with E-state index < -0.39 is 8.32 Å². The SMILES string of the molecule is CC(C)(C)[Si](Oc1ccc(C2(CO)SCCCS2)cc1)(c1ccccc1)c1ccccc1. The van der Waals surface area contributed by atoms with Crippen LogP contribution in [0.1, 0.15) is 32.8 Å². The van der Waals surface area contributed by atoms with Gasteiger partial charge in [-0.3, -0.25) is 0 Å². The molecule has 4 rings (SSSR count). The van der Waals surface area contributed by atoms with E-state index in [-0.39, 0.29) is 15.7 Å². The first-order valence-corrected chi connectivity index (χ1v) is 15.1. The van der Waals surface area contributed by atoms with Crippen molar-refractivity contribution in [3.05, 3.63) is 90.5 Å². The summed E-state index contributed by atoms with van der Waals surface area (Å²) in [7, 11) is -2.63. The average molecular weight is 481 g/mol. The van der Waals surface area contributed by atoms with E-state index in [0.717, 1.165) is 17.3 Å². The third-order valence-electron chi connectivity index (χ3n) is 6.15. The molecule has 1 fully saturated rings. The fourth-order valence-corrected chi connectivity index (χ4v) is 12.0. The lowest BCUT2D eigenvalue weighted by Crippen LogP contribution is -2.68. The van der Waals surface area contributed by atoms with E-state index in [1.807, 2.05) is 23.5 Å². The van der Waals surface area contributed by atoms with Crippen molar-refractivity contribution in [2.24, 2.45) is 0 Å². The molecule has 0 atom stereocenters. The minimum Gasteiger partial charge on any atom is -0.534 e. The van der Waals surface area contributed by atoms with Gasteiger partial charge in [0.1, 0.15) is 9.83 Å². The van der Waals surface area contributed by atoms with Gasteiger partial charge in [-0.1, -0.05) is 93.6 Å². The van der Waals surface area contributed by atoms with E-state index in [0.29, 0.717) is 0 Å². The minimum atomic E-state index is -2.63. The normalized spacial score (nSPS) is 16.5. The fraction of sp³-hybridized carbons (Fsp3) is 0.333. The molecule has 2 nitrogen and oxygen atoms in total. The van der Waals surface area contributed by atoms with Gasteiger partial charge in [-0.25, -0.2) is 0 Å². The number of aliphatic hydroxyl groups excluding tert-OH is 1. The van der Waals surface area contributed by atoms with E-state index in [1.165, 1.54) is 22.4 Å². The fourth-order valence-electron chi connectivity index (χ4n) is 4.53. The Bertz CT molecular complexity index is 956. The zero-order valence-corrected chi connectivity index (χ0v) is 21.7. The summed E-state index contributed by atoms with van der Waals surface area (Å²) in [6, 6.07) is 29.9. The number of benzene rings is 3. The standard InChI is InChI=1S/C27H32O2S2Si/c1-26(2,3)32(24-11-6-4-7-12-24,25-13-8-5-9-14-25)29-23-17-15-22(16-18-23)27(21-28)30-19-10-20-31-27/h4-9,11-18,28H,10,19-21H2,1-3H3. The van der Waals surface area contributed by atoms with Gasteiger partial charge in [-0.05, 0) is 51.0 Å². The molecule has 1 heterocycles. The molecule has 168 valence electrons. The number of hydrogen-bond donors (Lipinski definition) is 1. The minimum absolute atomic E-state index is 0.0736. The van der Waals surface area contributed by atoms with E-state index in [2.05, 4.69) is 106 Å². The largest absolute Gasteiger partial charge is 0.534 e. The highest BCUT2D eigenvalue weighted by Gasteiger charge is 2.52. The van der Waals surface area contributed by atoms with Crippen molar-refractivity contribution in [3.8, 4) is 5.75 Å². The van der Waals surface area contributed by atoms with Crippen molar-refractivity contribution in [3.63, 3.8) is 0 Å². The topological polar surface area (TPSA) is 29.5 Å². The zero-order chi connectivity index (χ0) is 22.7. The number of rotatable bonds is 6. The molecule has 0 aliphatic carbocycles. The maximum absolute atomic E-state index is 10.2. The van der Waals surface area contributed by atoms with Crippen LogP contribution in [0.25, 0.3) is 0 Å². The Labute approximate surface area is 201 Å². The van der Waals surface area contributed by atoms with E-state index in [9.17, 15) is 5.11 Å². The monoisotopic (exact) mass is 480 g/mol. The van der Waals surface area contributed by atoms with Gasteiger partial charge in [0.05, 0.1) is 6.61 Å². The van der Waals surface area contributed by atoms with Crippen molar-refractivity contribution in [1.29, 1.82) is 0 Å². The summed E-state index contributed by atoms with van der Waals surface area (Å²) in [5.41, 5.74) is 1.17. The van der Waals surface area contributed by atoms with Gasteiger partial charge in [0.15, 0.2) is 0 Å². The van der Waals surface area contributed by atoms with Crippen LogP contribution in [0.15, 0.2) is 84.9 Å². The van der Waals surface area contributed by atoms with Gasteiger partial charge in [-0.2, -0.15) is 0 Å². The summed E-state index contributed by atoms with van der Waals surface area (Å²) in [4.78, 5) is 0.